The van der Waals surface area contributed by atoms with E-state index >= 15 is 0 Å². The summed E-state index contributed by atoms with van der Waals surface area (Å²) in [6.07, 6.45) is 2.63. The van der Waals surface area contributed by atoms with Crippen LogP contribution in [-0.4, -0.2) is 52.8 Å². The van der Waals surface area contributed by atoms with Crippen molar-refractivity contribution in [1.82, 2.24) is 14.8 Å². The second-order valence-corrected chi connectivity index (χ2v) is 7.44. The van der Waals surface area contributed by atoms with Crippen LogP contribution in [0.15, 0.2) is 30.5 Å². The molecule has 1 saturated heterocycles. The lowest BCUT2D eigenvalue weighted by molar-refractivity contribution is -0.155. The van der Waals surface area contributed by atoms with Crippen molar-refractivity contribution < 1.29 is 14.3 Å². The fourth-order valence-electron chi connectivity index (χ4n) is 3.07. The Labute approximate surface area is 157 Å². The van der Waals surface area contributed by atoms with Crippen LogP contribution in [0.5, 0.6) is 5.75 Å². The number of hydrogen-bond donors (Lipinski definition) is 0. The standard InChI is InChI=1S/C19H23N3O3S/c1-4-8-21-12-17(23)22(13(2)19(21)24)11-16-10-20-18(26-16)14-6-5-7-15(9-14)25-3/h5-7,9-10,13H,4,8,11-12H2,1-3H3/t13-/m1/s1. The van der Waals surface area contributed by atoms with Gasteiger partial charge in [0.25, 0.3) is 0 Å². The summed E-state index contributed by atoms with van der Waals surface area (Å²) in [5.74, 6) is 0.784. The maximum atomic E-state index is 12.5. The Morgan fingerprint density at radius 3 is 2.88 bits per heavy atom. The summed E-state index contributed by atoms with van der Waals surface area (Å²) in [4.78, 5) is 33.7. The van der Waals surface area contributed by atoms with Gasteiger partial charge in [0, 0.05) is 23.2 Å². The number of hydrogen-bond acceptors (Lipinski definition) is 5. The summed E-state index contributed by atoms with van der Waals surface area (Å²) in [5, 5.41) is 0.870. The van der Waals surface area contributed by atoms with E-state index in [1.54, 1.807) is 30.0 Å². The number of carbonyl (C=O) groups is 2. The van der Waals surface area contributed by atoms with Crippen molar-refractivity contribution in [1.29, 1.82) is 0 Å². The van der Waals surface area contributed by atoms with Crippen molar-refractivity contribution in [2.24, 2.45) is 0 Å². The molecule has 2 amide bonds. The van der Waals surface area contributed by atoms with E-state index in [9.17, 15) is 9.59 Å². The number of piperazine rings is 1. The average Bonchev–Trinajstić information content (AvgIpc) is 3.12. The van der Waals surface area contributed by atoms with Gasteiger partial charge in [-0.05, 0) is 25.5 Å². The van der Waals surface area contributed by atoms with E-state index in [-0.39, 0.29) is 18.4 Å². The molecule has 6 nitrogen and oxygen atoms in total. The Balaban J connectivity index is 1.74. The second kappa shape index (κ2) is 7.86. The minimum absolute atomic E-state index is 0.0121. The Hall–Kier alpha value is -2.41. The first kappa shape index (κ1) is 18.4. The Morgan fingerprint density at radius 1 is 1.35 bits per heavy atom. The summed E-state index contributed by atoms with van der Waals surface area (Å²) in [6, 6.07) is 7.28. The first-order chi connectivity index (χ1) is 12.5. The van der Waals surface area contributed by atoms with Crippen LogP contribution >= 0.6 is 11.3 Å². The van der Waals surface area contributed by atoms with Crippen LogP contribution in [0, 0.1) is 0 Å². The lowest BCUT2D eigenvalue weighted by atomic mass is 10.1. The van der Waals surface area contributed by atoms with Gasteiger partial charge in [0.15, 0.2) is 0 Å². The maximum absolute atomic E-state index is 12.5. The van der Waals surface area contributed by atoms with Gasteiger partial charge in [0.2, 0.25) is 11.8 Å². The van der Waals surface area contributed by atoms with Gasteiger partial charge < -0.3 is 14.5 Å². The van der Waals surface area contributed by atoms with Crippen LogP contribution in [0.3, 0.4) is 0 Å². The van der Waals surface area contributed by atoms with E-state index in [0.717, 1.165) is 27.6 Å². The smallest absolute Gasteiger partial charge is 0.245 e. The van der Waals surface area contributed by atoms with Crippen molar-refractivity contribution in [3.05, 3.63) is 35.3 Å². The number of amides is 2. The highest BCUT2D eigenvalue weighted by Gasteiger charge is 2.36. The molecule has 1 aliphatic rings. The molecule has 26 heavy (non-hydrogen) atoms. The van der Waals surface area contributed by atoms with Gasteiger partial charge in [-0.2, -0.15) is 0 Å². The SMILES string of the molecule is CCCN1CC(=O)N(Cc2cnc(-c3cccc(OC)c3)s2)[C@H](C)C1=O. The first-order valence-electron chi connectivity index (χ1n) is 8.71. The molecule has 3 rings (SSSR count). The van der Waals surface area contributed by atoms with Gasteiger partial charge >= 0.3 is 0 Å². The number of benzene rings is 1. The summed E-state index contributed by atoms with van der Waals surface area (Å²) in [7, 11) is 1.63. The molecule has 138 valence electrons. The van der Waals surface area contributed by atoms with Crippen LogP contribution in [-0.2, 0) is 16.1 Å². The fraction of sp³-hybridized carbons (Fsp3) is 0.421. The molecule has 1 aromatic carbocycles. The maximum Gasteiger partial charge on any atom is 0.245 e. The molecule has 1 aromatic heterocycles. The molecule has 1 aliphatic heterocycles. The summed E-state index contributed by atoms with van der Waals surface area (Å²) < 4.78 is 5.26. The lowest BCUT2D eigenvalue weighted by Crippen LogP contribution is -2.58. The molecule has 7 heteroatoms. The van der Waals surface area contributed by atoms with E-state index < -0.39 is 6.04 Å². The van der Waals surface area contributed by atoms with E-state index in [1.165, 1.54) is 11.3 Å². The van der Waals surface area contributed by atoms with Crippen molar-refractivity contribution >= 4 is 23.2 Å². The molecule has 2 aromatic rings. The third-order valence-corrected chi connectivity index (χ3v) is 5.50. The highest BCUT2D eigenvalue weighted by molar-refractivity contribution is 7.15. The number of methoxy groups -OCH3 is 1. The fourth-order valence-corrected chi connectivity index (χ4v) is 3.98. The third kappa shape index (κ3) is 3.72. The number of thiazole rings is 1. The van der Waals surface area contributed by atoms with E-state index in [1.807, 2.05) is 31.2 Å². The van der Waals surface area contributed by atoms with Crippen molar-refractivity contribution in [2.45, 2.75) is 32.9 Å². The molecule has 0 bridgehead atoms. The zero-order valence-corrected chi connectivity index (χ0v) is 16.1. The molecule has 1 atom stereocenters. The number of aromatic nitrogens is 1. The molecule has 0 unspecified atom stereocenters. The van der Waals surface area contributed by atoms with Gasteiger partial charge in [-0.15, -0.1) is 11.3 Å². The van der Waals surface area contributed by atoms with Gasteiger partial charge in [-0.25, -0.2) is 4.98 Å². The number of rotatable bonds is 6. The summed E-state index contributed by atoms with van der Waals surface area (Å²) in [6.45, 7) is 5.01. The van der Waals surface area contributed by atoms with Crippen molar-refractivity contribution in [3.8, 4) is 16.3 Å². The molecule has 0 N–H and O–H groups in total. The lowest BCUT2D eigenvalue weighted by Gasteiger charge is -2.38. The number of nitrogens with zero attached hydrogens (tertiary/aromatic N) is 3. The molecule has 2 heterocycles. The largest absolute Gasteiger partial charge is 0.497 e. The molecule has 0 aliphatic carbocycles. The summed E-state index contributed by atoms with van der Waals surface area (Å²) >= 11 is 1.53. The monoisotopic (exact) mass is 373 g/mol. The summed E-state index contributed by atoms with van der Waals surface area (Å²) in [5.41, 5.74) is 0.976. The molecule has 1 fully saturated rings. The molecule has 0 saturated carbocycles. The van der Waals surface area contributed by atoms with Gasteiger partial charge in [0.1, 0.15) is 16.8 Å². The van der Waals surface area contributed by atoms with Gasteiger partial charge in [-0.3, -0.25) is 9.59 Å². The normalized spacial score (nSPS) is 17.7. The minimum atomic E-state index is -0.440. The molecular formula is C19H23N3O3S. The average molecular weight is 373 g/mol. The Morgan fingerprint density at radius 2 is 2.15 bits per heavy atom. The predicted octanol–water partition coefficient (Wildman–Crippen LogP) is 2.79. The quantitative estimate of drug-likeness (QED) is 0.781. The predicted molar refractivity (Wildman–Crippen MR) is 101 cm³/mol. The number of ether oxygens (including phenoxy) is 1. The molecular weight excluding hydrogens is 350 g/mol. The van der Waals surface area contributed by atoms with Crippen LogP contribution in [0.2, 0.25) is 0 Å². The Kier molecular flexibility index (Phi) is 5.56. The van der Waals surface area contributed by atoms with E-state index in [2.05, 4.69) is 4.98 Å². The van der Waals surface area contributed by atoms with Crippen molar-refractivity contribution in [2.75, 3.05) is 20.2 Å². The molecule has 0 spiro atoms. The van der Waals surface area contributed by atoms with E-state index in [4.69, 9.17) is 4.74 Å². The van der Waals surface area contributed by atoms with Gasteiger partial charge in [0.05, 0.1) is 20.2 Å². The van der Waals surface area contributed by atoms with Crippen LogP contribution < -0.4 is 4.74 Å². The third-order valence-electron chi connectivity index (χ3n) is 4.47. The Bertz CT molecular complexity index is 805. The van der Waals surface area contributed by atoms with Crippen LogP contribution in [0.25, 0.3) is 10.6 Å². The van der Waals surface area contributed by atoms with Crippen molar-refractivity contribution in [3.63, 3.8) is 0 Å². The van der Waals surface area contributed by atoms with Crippen LogP contribution in [0.1, 0.15) is 25.1 Å². The highest BCUT2D eigenvalue weighted by atomic mass is 32.1. The zero-order chi connectivity index (χ0) is 18.7. The van der Waals surface area contributed by atoms with Crippen LogP contribution in [0.4, 0.5) is 0 Å². The topological polar surface area (TPSA) is 62.7 Å². The first-order valence-corrected chi connectivity index (χ1v) is 9.52. The minimum Gasteiger partial charge on any atom is -0.497 e. The van der Waals surface area contributed by atoms with Gasteiger partial charge in [-0.1, -0.05) is 19.1 Å². The number of carbonyl (C=O) groups excluding carboxylic acids is 2. The molecule has 0 radical (unpaired) electrons. The second-order valence-electron chi connectivity index (χ2n) is 6.32. The zero-order valence-electron chi connectivity index (χ0n) is 15.3. The van der Waals surface area contributed by atoms with E-state index in [0.29, 0.717) is 13.1 Å². The highest BCUT2D eigenvalue weighted by Crippen LogP contribution is 2.29.